The first-order valence-electron chi connectivity index (χ1n) is 29.5. The molecule has 1 atom stereocenters. The number of carbonyl (C=O) groups is 3. The monoisotopic (exact) mass is 1020 g/mol. The predicted octanol–water partition coefficient (Wildman–Crippen LogP) is 20.1. The molecule has 0 saturated heterocycles. The highest BCUT2D eigenvalue weighted by molar-refractivity contribution is 5.71. The molecular formula is C68H106O6. The maximum absolute atomic E-state index is 12.8. The van der Waals surface area contributed by atoms with E-state index in [0.717, 1.165) is 161 Å². The van der Waals surface area contributed by atoms with Gasteiger partial charge in [0.1, 0.15) is 13.2 Å². The van der Waals surface area contributed by atoms with Gasteiger partial charge in [0.15, 0.2) is 6.10 Å². The fourth-order valence-electron chi connectivity index (χ4n) is 7.42. The van der Waals surface area contributed by atoms with Crippen molar-refractivity contribution in [3.05, 3.63) is 158 Å². The summed E-state index contributed by atoms with van der Waals surface area (Å²) >= 11 is 0. The van der Waals surface area contributed by atoms with Gasteiger partial charge < -0.3 is 14.2 Å². The van der Waals surface area contributed by atoms with E-state index < -0.39 is 6.10 Å². The number of ether oxygens (including phenoxy) is 3. The largest absolute Gasteiger partial charge is 0.462 e. The Bertz CT molecular complexity index is 1690. The average Bonchev–Trinajstić information content (AvgIpc) is 3.40. The lowest BCUT2D eigenvalue weighted by molar-refractivity contribution is -0.167. The number of esters is 3. The Morgan fingerprint density at radius 2 is 0.527 bits per heavy atom. The highest BCUT2D eigenvalue weighted by Crippen LogP contribution is 2.13. The molecule has 0 spiro atoms. The van der Waals surface area contributed by atoms with Crippen molar-refractivity contribution in [1.82, 2.24) is 0 Å². The molecule has 0 saturated carbocycles. The Hall–Kier alpha value is -4.97. The molecule has 0 rings (SSSR count). The van der Waals surface area contributed by atoms with E-state index in [-0.39, 0.29) is 37.5 Å². The summed E-state index contributed by atoms with van der Waals surface area (Å²) in [6.07, 6.45) is 88.4. The van der Waals surface area contributed by atoms with Crippen LogP contribution in [0.4, 0.5) is 0 Å². The SMILES string of the molecule is CC/C=C\C/C=C\C/C=C\C/C=C\C/C=C\C/C=C\C/C=C\C/C=C\CCCCCCCCC(=O)OCC(COC(=O)CCCCCCCC)OC(=O)CCCCC/C=C\C/C=C\C/C=C\C/C=C\C/C=C\CC. The molecule has 0 bridgehead atoms. The van der Waals surface area contributed by atoms with Crippen LogP contribution in [0.1, 0.15) is 233 Å². The summed E-state index contributed by atoms with van der Waals surface area (Å²) in [4.78, 5) is 37.9. The van der Waals surface area contributed by atoms with Crippen LogP contribution in [0.5, 0.6) is 0 Å². The molecule has 74 heavy (non-hydrogen) atoms. The minimum absolute atomic E-state index is 0.102. The van der Waals surface area contributed by atoms with Gasteiger partial charge in [0.25, 0.3) is 0 Å². The van der Waals surface area contributed by atoms with Crippen molar-refractivity contribution >= 4 is 17.9 Å². The second kappa shape index (κ2) is 60.6. The van der Waals surface area contributed by atoms with E-state index in [2.05, 4.69) is 179 Å². The lowest BCUT2D eigenvalue weighted by Crippen LogP contribution is -2.30. The number of hydrogen-bond donors (Lipinski definition) is 0. The lowest BCUT2D eigenvalue weighted by Gasteiger charge is -2.18. The maximum Gasteiger partial charge on any atom is 0.306 e. The van der Waals surface area contributed by atoms with Gasteiger partial charge in [-0.05, 0) is 128 Å². The Labute approximate surface area is 454 Å². The van der Waals surface area contributed by atoms with Crippen LogP contribution in [0.25, 0.3) is 0 Å². The molecule has 6 heteroatoms. The highest BCUT2D eigenvalue weighted by Gasteiger charge is 2.19. The molecule has 414 valence electrons. The Morgan fingerprint density at radius 3 is 0.838 bits per heavy atom. The van der Waals surface area contributed by atoms with Gasteiger partial charge in [-0.1, -0.05) is 243 Å². The summed E-state index contributed by atoms with van der Waals surface area (Å²) in [5, 5.41) is 0. The van der Waals surface area contributed by atoms with Gasteiger partial charge in [0.2, 0.25) is 0 Å². The molecule has 0 heterocycles. The Kier molecular flexibility index (Phi) is 56.5. The summed E-state index contributed by atoms with van der Waals surface area (Å²) in [6, 6.07) is 0. The highest BCUT2D eigenvalue weighted by atomic mass is 16.6. The smallest absolute Gasteiger partial charge is 0.306 e. The number of carbonyl (C=O) groups excluding carboxylic acids is 3. The van der Waals surface area contributed by atoms with Gasteiger partial charge in [-0.2, -0.15) is 0 Å². The van der Waals surface area contributed by atoms with Crippen LogP contribution < -0.4 is 0 Å². The molecule has 0 aliphatic rings. The fourth-order valence-corrected chi connectivity index (χ4v) is 7.42. The third-order valence-electron chi connectivity index (χ3n) is 11.8. The van der Waals surface area contributed by atoms with Crippen molar-refractivity contribution in [2.75, 3.05) is 13.2 Å². The third kappa shape index (κ3) is 57.9. The zero-order valence-corrected chi connectivity index (χ0v) is 47.3. The summed E-state index contributed by atoms with van der Waals surface area (Å²) in [5.41, 5.74) is 0. The van der Waals surface area contributed by atoms with Crippen LogP contribution in [0.3, 0.4) is 0 Å². The average molecular weight is 1020 g/mol. The van der Waals surface area contributed by atoms with Gasteiger partial charge in [-0.3, -0.25) is 14.4 Å². The second-order valence-electron chi connectivity index (χ2n) is 18.8. The standard InChI is InChI=1S/C68H106O6/c1-4-7-10-13-16-18-20-22-24-26-28-29-30-31-32-33-34-35-36-37-38-39-41-42-44-46-48-50-52-55-58-61-67(70)73-64-65(63-72-66(69)60-57-54-15-12-9-6-3)74-68(71)62-59-56-53-51-49-47-45-43-40-27-25-23-21-19-17-14-11-8-5-2/h7-8,10-11,16-19,22-25,28-29,31-32,34-35,37-38,40-43,47,49,65H,4-6,9,12-15,20-21,26-27,30,33,36,39,44-46,48,50-64H2,1-3H3/b10-7-,11-8-,18-16-,19-17-,24-22-,25-23-,29-28-,32-31-,35-34-,38-37-,42-41-,43-40-,49-47-. The van der Waals surface area contributed by atoms with Crippen molar-refractivity contribution < 1.29 is 28.6 Å². The maximum atomic E-state index is 12.8. The quantitative estimate of drug-likeness (QED) is 0.0261. The lowest BCUT2D eigenvalue weighted by atomic mass is 10.1. The molecule has 6 nitrogen and oxygen atoms in total. The van der Waals surface area contributed by atoms with E-state index in [1.54, 1.807) is 0 Å². The van der Waals surface area contributed by atoms with Crippen molar-refractivity contribution in [2.24, 2.45) is 0 Å². The second-order valence-corrected chi connectivity index (χ2v) is 18.8. The van der Waals surface area contributed by atoms with E-state index in [4.69, 9.17) is 14.2 Å². The molecular weight excluding hydrogens is 913 g/mol. The summed E-state index contributed by atoms with van der Waals surface area (Å²) in [6.45, 7) is 6.29. The molecule has 0 radical (unpaired) electrons. The number of allylic oxidation sites excluding steroid dienone is 26. The molecule has 0 aromatic carbocycles. The van der Waals surface area contributed by atoms with E-state index in [1.807, 2.05) is 0 Å². The Balaban J connectivity index is 4.24. The minimum atomic E-state index is -0.806. The van der Waals surface area contributed by atoms with Gasteiger partial charge in [-0.15, -0.1) is 0 Å². The fraction of sp³-hybridized carbons (Fsp3) is 0.574. The van der Waals surface area contributed by atoms with Gasteiger partial charge >= 0.3 is 17.9 Å². The van der Waals surface area contributed by atoms with Crippen LogP contribution in [0, 0.1) is 0 Å². The molecule has 0 aromatic rings. The van der Waals surface area contributed by atoms with Crippen LogP contribution in [-0.2, 0) is 28.6 Å². The van der Waals surface area contributed by atoms with Crippen LogP contribution in [-0.4, -0.2) is 37.2 Å². The van der Waals surface area contributed by atoms with E-state index in [0.29, 0.717) is 12.8 Å². The molecule has 0 aromatic heterocycles. The first-order valence-corrected chi connectivity index (χ1v) is 29.5. The first-order chi connectivity index (χ1) is 36.5. The van der Waals surface area contributed by atoms with Crippen molar-refractivity contribution in [2.45, 2.75) is 239 Å². The number of hydrogen-bond acceptors (Lipinski definition) is 6. The molecule has 0 aliphatic heterocycles. The van der Waals surface area contributed by atoms with E-state index in [9.17, 15) is 14.4 Å². The van der Waals surface area contributed by atoms with Crippen LogP contribution in [0.2, 0.25) is 0 Å². The Morgan fingerprint density at radius 1 is 0.284 bits per heavy atom. The molecule has 0 amide bonds. The van der Waals surface area contributed by atoms with Crippen molar-refractivity contribution in [3.63, 3.8) is 0 Å². The van der Waals surface area contributed by atoms with Crippen LogP contribution >= 0.6 is 0 Å². The first kappa shape index (κ1) is 69.0. The third-order valence-corrected chi connectivity index (χ3v) is 11.8. The van der Waals surface area contributed by atoms with E-state index in [1.165, 1.54) is 32.1 Å². The van der Waals surface area contributed by atoms with Crippen molar-refractivity contribution in [1.29, 1.82) is 0 Å². The molecule has 0 fully saturated rings. The van der Waals surface area contributed by atoms with Crippen LogP contribution in [0.15, 0.2) is 158 Å². The normalized spacial score (nSPS) is 13.3. The summed E-state index contributed by atoms with van der Waals surface area (Å²) < 4.78 is 16.7. The summed E-state index contributed by atoms with van der Waals surface area (Å²) in [7, 11) is 0. The van der Waals surface area contributed by atoms with Gasteiger partial charge in [0, 0.05) is 19.3 Å². The topological polar surface area (TPSA) is 78.9 Å². The summed E-state index contributed by atoms with van der Waals surface area (Å²) in [5.74, 6) is -0.969. The minimum Gasteiger partial charge on any atom is -0.462 e. The number of unbranched alkanes of at least 4 members (excludes halogenated alkanes) is 14. The zero-order valence-electron chi connectivity index (χ0n) is 47.3. The molecule has 0 N–H and O–H groups in total. The number of rotatable bonds is 51. The molecule has 1 unspecified atom stereocenters. The van der Waals surface area contributed by atoms with Crippen molar-refractivity contribution in [3.8, 4) is 0 Å². The van der Waals surface area contributed by atoms with Gasteiger partial charge in [-0.25, -0.2) is 0 Å². The predicted molar refractivity (Wildman–Crippen MR) is 320 cm³/mol. The molecule has 0 aliphatic carbocycles. The zero-order chi connectivity index (χ0) is 53.6. The van der Waals surface area contributed by atoms with E-state index >= 15 is 0 Å². The van der Waals surface area contributed by atoms with Gasteiger partial charge in [0.05, 0.1) is 0 Å².